The van der Waals surface area contributed by atoms with Gasteiger partial charge >= 0.3 is 6.18 Å². The van der Waals surface area contributed by atoms with E-state index in [1.165, 1.54) is 35.9 Å². The third kappa shape index (κ3) is 6.79. The van der Waals surface area contributed by atoms with Crippen LogP contribution in [0.2, 0.25) is 0 Å². The smallest absolute Gasteiger partial charge is 0.416 e. The second kappa shape index (κ2) is 11.9. The molecule has 1 aliphatic heterocycles. The predicted molar refractivity (Wildman–Crippen MR) is 150 cm³/mol. The molecule has 0 radical (unpaired) electrons. The Morgan fingerprint density at radius 2 is 1.82 bits per heavy atom. The molecule has 2 amide bonds. The molecule has 0 aliphatic carbocycles. The number of hydrogen-bond donors (Lipinski definition) is 1. The molecule has 0 bridgehead atoms. The van der Waals surface area contributed by atoms with Crippen molar-refractivity contribution in [1.29, 1.82) is 0 Å². The van der Waals surface area contributed by atoms with Crippen molar-refractivity contribution in [2.24, 2.45) is 0 Å². The van der Waals surface area contributed by atoms with Crippen LogP contribution in [0, 0.1) is 0 Å². The third-order valence-corrected chi connectivity index (χ3v) is 7.02. The average molecular weight is 573 g/mol. The first-order chi connectivity index (χ1) is 18.6. The molecule has 6 nitrogen and oxygen atoms in total. The molecular formula is C28H23F3N2O4S2. The molecule has 0 unspecified atom stereocenters. The number of halogens is 3. The summed E-state index contributed by atoms with van der Waals surface area (Å²) in [7, 11) is 1.42. The van der Waals surface area contributed by atoms with Gasteiger partial charge in [0.2, 0.25) is 0 Å². The van der Waals surface area contributed by atoms with Gasteiger partial charge in [-0.25, -0.2) is 0 Å². The predicted octanol–water partition coefficient (Wildman–Crippen LogP) is 6.70. The molecule has 3 aromatic carbocycles. The monoisotopic (exact) mass is 572 g/mol. The van der Waals surface area contributed by atoms with Gasteiger partial charge in [0.25, 0.3) is 11.8 Å². The largest absolute Gasteiger partial charge is 0.493 e. The van der Waals surface area contributed by atoms with Crippen LogP contribution in [0.4, 0.5) is 24.5 Å². The first-order valence-electron chi connectivity index (χ1n) is 11.7. The van der Waals surface area contributed by atoms with Gasteiger partial charge in [-0.1, -0.05) is 55.2 Å². The Labute approximate surface area is 232 Å². The lowest BCUT2D eigenvalue weighted by atomic mass is 10.1. The summed E-state index contributed by atoms with van der Waals surface area (Å²) < 4.78 is 50.0. The lowest BCUT2D eigenvalue weighted by Gasteiger charge is -2.14. The van der Waals surface area contributed by atoms with Crippen LogP contribution in [-0.2, 0) is 22.2 Å². The van der Waals surface area contributed by atoms with E-state index in [1.807, 2.05) is 24.3 Å². The van der Waals surface area contributed by atoms with Gasteiger partial charge in [0.15, 0.2) is 22.4 Å². The number of nitrogens with one attached hydrogen (secondary N) is 1. The number of rotatable bonds is 8. The molecule has 3 aromatic rings. The number of nitrogens with zero attached hydrogens (tertiary/aromatic N) is 1. The second-order valence-electron chi connectivity index (χ2n) is 8.36. The van der Waals surface area contributed by atoms with E-state index in [0.717, 1.165) is 24.1 Å². The third-order valence-electron chi connectivity index (χ3n) is 5.71. The number of ether oxygens (including phenoxy) is 2. The maximum absolute atomic E-state index is 13.1. The van der Waals surface area contributed by atoms with Crippen LogP contribution in [0.25, 0.3) is 6.08 Å². The highest BCUT2D eigenvalue weighted by Gasteiger charge is 2.33. The van der Waals surface area contributed by atoms with Gasteiger partial charge in [0, 0.05) is 5.69 Å². The number of aryl methyl sites for hydroxylation is 1. The maximum Gasteiger partial charge on any atom is 0.416 e. The number of carbonyl (C=O) groups is 2. The molecule has 1 fully saturated rings. The fourth-order valence-electron chi connectivity index (χ4n) is 3.73. The Morgan fingerprint density at radius 3 is 2.49 bits per heavy atom. The minimum atomic E-state index is -4.52. The van der Waals surface area contributed by atoms with Crippen molar-refractivity contribution in [3.63, 3.8) is 0 Å². The molecule has 1 aliphatic rings. The van der Waals surface area contributed by atoms with Crippen LogP contribution in [0.1, 0.15) is 23.6 Å². The lowest BCUT2D eigenvalue weighted by molar-refractivity contribution is -0.137. The zero-order valence-electron chi connectivity index (χ0n) is 20.9. The first kappa shape index (κ1) is 28.2. The van der Waals surface area contributed by atoms with Crippen LogP contribution in [0.3, 0.4) is 0 Å². The van der Waals surface area contributed by atoms with Crippen molar-refractivity contribution in [3.05, 3.63) is 88.3 Å². The molecule has 39 heavy (non-hydrogen) atoms. The number of methoxy groups -OCH3 is 1. The van der Waals surface area contributed by atoms with Crippen molar-refractivity contribution < 1.29 is 32.2 Å². The maximum atomic E-state index is 13.1. The lowest BCUT2D eigenvalue weighted by Crippen LogP contribution is -2.27. The molecule has 1 saturated heterocycles. The summed E-state index contributed by atoms with van der Waals surface area (Å²) in [4.78, 5) is 27.3. The summed E-state index contributed by atoms with van der Waals surface area (Å²) in [5, 5.41) is 2.38. The Kier molecular flexibility index (Phi) is 8.61. The van der Waals surface area contributed by atoms with Crippen molar-refractivity contribution >= 4 is 57.6 Å². The summed E-state index contributed by atoms with van der Waals surface area (Å²) in [6.07, 6.45) is -1.94. The zero-order valence-corrected chi connectivity index (χ0v) is 22.5. The molecule has 0 aromatic heterocycles. The molecule has 0 saturated carbocycles. The molecule has 4 rings (SSSR count). The number of alkyl halides is 3. The van der Waals surface area contributed by atoms with Crippen molar-refractivity contribution in [1.82, 2.24) is 0 Å². The van der Waals surface area contributed by atoms with E-state index < -0.39 is 24.3 Å². The minimum absolute atomic E-state index is 0.000594. The number of anilines is 2. The molecule has 1 heterocycles. The Morgan fingerprint density at radius 1 is 1.08 bits per heavy atom. The van der Waals surface area contributed by atoms with Gasteiger partial charge in [-0.2, -0.15) is 13.2 Å². The van der Waals surface area contributed by atoms with Crippen LogP contribution < -0.4 is 19.7 Å². The summed E-state index contributed by atoms with van der Waals surface area (Å²) in [6.45, 7) is 1.60. The Balaban J connectivity index is 1.43. The molecule has 202 valence electrons. The SMILES string of the molecule is CCc1ccc(N2C(=O)/C(=C/c3ccc(OCC(=O)Nc4cccc(C(F)(F)F)c4)c(OC)c3)SC2=S)cc1. The Hall–Kier alpha value is -3.83. The molecule has 0 atom stereocenters. The van der Waals surface area contributed by atoms with E-state index in [-0.39, 0.29) is 17.3 Å². The summed E-state index contributed by atoms with van der Waals surface area (Å²) in [5.74, 6) is -0.324. The quantitative estimate of drug-likeness (QED) is 0.239. The number of thioether (sulfide) groups is 1. The van der Waals surface area contributed by atoms with Crippen molar-refractivity contribution in [2.45, 2.75) is 19.5 Å². The molecule has 11 heteroatoms. The highest BCUT2D eigenvalue weighted by atomic mass is 32.2. The van der Waals surface area contributed by atoms with E-state index in [2.05, 4.69) is 12.2 Å². The normalized spacial score (nSPS) is 14.6. The van der Waals surface area contributed by atoms with Gasteiger partial charge < -0.3 is 14.8 Å². The fraction of sp³-hybridized carbons (Fsp3) is 0.179. The molecule has 1 N–H and O–H groups in total. The topological polar surface area (TPSA) is 67.9 Å². The highest BCUT2D eigenvalue weighted by molar-refractivity contribution is 8.27. The van der Waals surface area contributed by atoms with E-state index in [0.29, 0.717) is 26.2 Å². The highest BCUT2D eigenvalue weighted by Crippen LogP contribution is 2.37. The van der Waals surface area contributed by atoms with E-state index in [9.17, 15) is 22.8 Å². The van der Waals surface area contributed by atoms with Gasteiger partial charge in [-0.05, 0) is 66.1 Å². The summed E-state index contributed by atoms with van der Waals surface area (Å²) in [5.41, 5.74) is 1.63. The fourth-order valence-corrected chi connectivity index (χ4v) is 5.03. The van der Waals surface area contributed by atoms with Crippen LogP contribution in [-0.4, -0.2) is 29.9 Å². The van der Waals surface area contributed by atoms with Crippen LogP contribution in [0.5, 0.6) is 11.5 Å². The summed E-state index contributed by atoms with van der Waals surface area (Å²) in [6, 6.07) is 16.9. The number of thiocarbonyl (C=S) groups is 1. The zero-order chi connectivity index (χ0) is 28.2. The number of amides is 2. The van der Waals surface area contributed by atoms with Crippen molar-refractivity contribution in [3.8, 4) is 11.5 Å². The standard InChI is InChI=1S/C28H23F3N2O4S2/c1-3-17-7-10-21(11-8-17)33-26(35)24(39-27(33)38)14-18-9-12-22(23(13-18)36-2)37-16-25(34)32-20-6-4-5-19(15-20)28(29,30)31/h4-15H,3,16H2,1-2H3,(H,32,34)/b24-14-. The second-order valence-corrected chi connectivity index (χ2v) is 10.0. The first-order valence-corrected chi connectivity index (χ1v) is 13.0. The van der Waals surface area contributed by atoms with E-state index >= 15 is 0 Å². The summed E-state index contributed by atoms with van der Waals surface area (Å²) >= 11 is 6.63. The number of benzene rings is 3. The average Bonchev–Trinajstić information content (AvgIpc) is 3.19. The molecule has 0 spiro atoms. The van der Waals surface area contributed by atoms with Crippen molar-refractivity contribution in [2.75, 3.05) is 23.9 Å². The van der Waals surface area contributed by atoms with E-state index in [1.54, 1.807) is 24.3 Å². The van der Waals surface area contributed by atoms with Gasteiger partial charge in [0.05, 0.1) is 23.3 Å². The van der Waals surface area contributed by atoms with Gasteiger partial charge in [-0.3, -0.25) is 14.5 Å². The molecular weight excluding hydrogens is 549 g/mol. The van der Waals surface area contributed by atoms with E-state index in [4.69, 9.17) is 21.7 Å². The van der Waals surface area contributed by atoms with Gasteiger partial charge in [-0.15, -0.1) is 0 Å². The minimum Gasteiger partial charge on any atom is -0.493 e. The van der Waals surface area contributed by atoms with Gasteiger partial charge in [0.1, 0.15) is 0 Å². The Bertz CT molecular complexity index is 1440. The number of hydrogen-bond acceptors (Lipinski definition) is 6. The number of carbonyl (C=O) groups excluding carboxylic acids is 2. The van der Waals surface area contributed by atoms with Crippen LogP contribution >= 0.6 is 24.0 Å². The van der Waals surface area contributed by atoms with Crippen LogP contribution in [0.15, 0.2) is 71.6 Å².